The zero-order valence-electron chi connectivity index (χ0n) is 13.1. The van der Waals surface area contributed by atoms with Gasteiger partial charge in [-0.15, -0.1) is 0 Å². The number of nitrogens with zero attached hydrogens (tertiary/aromatic N) is 4. The van der Waals surface area contributed by atoms with Crippen molar-refractivity contribution < 1.29 is 4.79 Å². The number of amides is 1. The van der Waals surface area contributed by atoms with Gasteiger partial charge in [0.15, 0.2) is 0 Å². The second-order valence-corrected chi connectivity index (χ2v) is 5.31. The molecule has 0 aliphatic carbocycles. The predicted molar refractivity (Wildman–Crippen MR) is 95.6 cm³/mol. The summed E-state index contributed by atoms with van der Waals surface area (Å²) in [6.45, 7) is 0. The van der Waals surface area contributed by atoms with Crippen LogP contribution in [0.25, 0.3) is 17.0 Å². The lowest BCUT2D eigenvalue weighted by atomic mass is 10.3. The normalized spacial score (nSPS) is 10.6. The second kappa shape index (κ2) is 6.40. The maximum atomic E-state index is 10.6. The van der Waals surface area contributed by atoms with E-state index in [0.29, 0.717) is 18.0 Å². The maximum absolute atomic E-state index is 10.6. The highest BCUT2D eigenvalue weighted by molar-refractivity contribution is 5.74. The van der Waals surface area contributed by atoms with Crippen LogP contribution < -0.4 is 10.6 Å². The van der Waals surface area contributed by atoms with Gasteiger partial charge in [0, 0.05) is 23.8 Å². The second-order valence-electron chi connectivity index (χ2n) is 5.31. The Hall–Kier alpha value is -3.74. The first-order valence-corrected chi connectivity index (χ1v) is 7.66. The van der Waals surface area contributed by atoms with Crippen LogP contribution in [0.5, 0.6) is 0 Å². The molecule has 1 aromatic carbocycles. The van der Waals surface area contributed by atoms with Crippen LogP contribution in [-0.4, -0.2) is 25.8 Å². The molecule has 0 spiro atoms. The molecule has 2 N–H and O–H groups in total. The number of aromatic nitrogens is 4. The van der Waals surface area contributed by atoms with Gasteiger partial charge in [-0.2, -0.15) is 0 Å². The van der Waals surface area contributed by atoms with Crippen molar-refractivity contribution in [3.05, 3.63) is 67.1 Å². The topological polar surface area (TPSA) is 84.2 Å². The molecule has 7 heteroatoms. The third-order valence-corrected chi connectivity index (χ3v) is 3.68. The molecule has 0 unspecified atom stereocenters. The molecule has 25 heavy (non-hydrogen) atoms. The van der Waals surface area contributed by atoms with Crippen LogP contribution in [0.3, 0.4) is 0 Å². The average molecular weight is 330 g/mol. The molecule has 0 bridgehead atoms. The van der Waals surface area contributed by atoms with Gasteiger partial charge in [0.1, 0.15) is 5.65 Å². The van der Waals surface area contributed by atoms with E-state index in [-0.39, 0.29) is 0 Å². The lowest BCUT2D eigenvalue weighted by molar-refractivity contribution is -0.105. The Morgan fingerprint density at radius 3 is 2.84 bits per heavy atom. The number of hydrogen-bond acceptors (Lipinski definition) is 5. The molecule has 7 nitrogen and oxygen atoms in total. The van der Waals surface area contributed by atoms with E-state index >= 15 is 0 Å². The molecule has 0 aliphatic rings. The fourth-order valence-corrected chi connectivity index (χ4v) is 2.57. The van der Waals surface area contributed by atoms with Gasteiger partial charge < -0.3 is 10.6 Å². The molecule has 0 atom stereocenters. The van der Waals surface area contributed by atoms with Crippen molar-refractivity contribution in [2.24, 2.45) is 0 Å². The van der Waals surface area contributed by atoms with Crippen LogP contribution in [-0.2, 0) is 4.79 Å². The largest absolute Gasteiger partial charge is 0.329 e. The molecule has 4 rings (SSSR count). The van der Waals surface area contributed by atoms with Crippen molar-refractivity contribution in [3.63, 3.8) is 0 Å². The molecule has 122 valence electrons. The summed E-state index contributed by atoms with van der Waals surface area (Å²) in [5, 5.41) is 5.76. The summed E-state index contributed by atoms with van der Waals surface area (Å²) in [5.41, 5.74) is 3.98. The molecular formula is C18H14N6O. The lowest BCUT2D eigenvalue weighted by Crippen LogP contribution is -2.00. The molecule has 0 radical (unpaired) electrons. The van der Waals surface area contributed by atoms with Crippen molar-refractivity contribution in [2.45, 2.75) is 0 Å². The minimum atomic E-state index is 0.464. The SMILES string of the molecule is O=CNc1cccc(Nc2nccc(-c3cnc4ccccn34)n2)c1. The van der Waals surface area contributed by atoms with Crippen molar-refractivity contribution in [3.8, 4) is 11.4 Å². The first-order valence-electron chi connectivity index (χ1n) is 7.66. The summed E-state index contributed by atoms with van der Waals surface area (Å²) >= 11 is 0. The highest BCUT2D eigenvalue weighted by Gasteiger charge is 2.08. The summed E-state index contributed by atoms with van der Waals surface area (Å²) in [6.07, 6.45) is 6.07. The van der Waals surface area contributed by atoms with Crippen LogP contribution in [0.15, 0.2) is 67.1 Å². The van der Waals surface area contributed by atoms with Gasteiger partial charge in [-0.25, -0.2) is 15.0 Å². The van der Waals surface area contributed by atoms with Crippen LogP contribution in [0, 0.1) is 0 Å². The number of carbonyl (C=O) groups is 1. The van der Waals surface area contributed by atoms with Crippen molar-refractivity contribution in [1.29, 1.82) is 0 Å². The quantitative estimate of drug-likeness (QED) is 0.549. The van der Waals surface area contributed by atoms with Crippen molar-refractivity contribution in [2.75, 3.05) is 10.6 Å². The molecule has 0 saturated heterocycles. The van der Waals surface area contributed by atoms with Gasteiger partial charge in [-0.05, 0) is 36.4 Å². The van der Waals surface area contributed by atoms with Gasteiger partial charge in [0.2, 0.25) is 12.4 Å². The van der Waals surface area contributed by atoms with E-state index in [9.17, 15) is 4.79 Å². The van der Waals surface area contributed by atoms with E-state index < -0.39 is 0 Å². The summed E-state index contributed by atoms with van der Waals surface area (Å²) in [5.74, 6) is 0.464. The van der Waals surface area contributed by atoms with E-state index in [1.54, 1.807) is 24.5 Å². The lowest BCUT2D eigenvalue weighted by Gasteiger charge is -2.08. The Labute approximate surface area is 143 Å². The molecule has 1 amide bonds. The van der Waals surface area contributed by atoms with E-state index in [2.05, 4.69) is 25.6 Å². The van der Waals surface area contributed by atoms with Crippen LogP contribution >= 0.6 is 0 Å². The van der Waals surface area contributed by atoms with E-state index in [0.717, 1.165) is 22.7 Å². The molecule has 3 heterocycles. The third kappa shape index (κ3) is 3.02. The highest BCUT2D eigenvalue weighted by atomic mass is 16.1. The van der Waals surface area contributed by atoms with E-state index in [1.165, 1.54) is 0 Å². The molecule has 4 aromatic rings. The molecular weight excluding hydrogens is 316 g/mol. The number of nitrogens with one attached hydrogen (secondary N) is 2. The standard InChI is InChI=1S/C18H14N6O/c25-12-21-13-4-3-5-14(10-13)22-18-19-8-7-15(23-18)16-11-20-17-6-1-2-9-24(16)17/h1-12H,(H,21,25)(H,19,22,23). The van der Waals surface area contributed by atoms with Crippen LogP contribution in [0.2, 0.25) is 0 Å². The van der Waals surface area contributed by atoms with Crippen molar-refractivity contribution in [1.82, 2.24) is 19.4 Å². The minimum absolute atomic E-state index is 0.464. The predicted octanol–water partition coefficient (Wildman–Crippen LogP) is 3.10. The van der Waals surface area contributed by atoms with Gasteiger partial charge in [-0.1, -0.05) is 12.1 Å². The minimum Gasteiger partial charge on any atom is -0.329 e. The van der Waals surface area contributed by atoms with E-state index in [4.69, 9.17) is 0 Å². The number of hydrogen-bond donors (Lipinski definition) is 2. The maximum Gasteiger partial charge on any atom is 0.227 e. The summed E-state index contributed by atoms with van der Waals surface area (Å²) in [4.78, 5) is 23.8. The van der Waals surface area contributed by atoms with Gasteiger partial charge in [-0.3, -0.25) is 9.20 Å². The van der Waals surface area contributed by atoms with Crippen LogP contribution in [0.1, 0.15) is 0 Å². The summed E-state index contributed by atoms with van der Waals surface area (Å²) in [7, 11) is 0. The summed E-state index contributed by atoms with van der Waals surface area (Å²) in [6, 6.07) is 15.0. The fraction of sp³-hybridized carbons (Fsp3) is 0. The first-order chi connectivity index (χ1) is 12.3. The zero-order valence-corrected chi connectivity index (χ0v) is 13.1. The Kier molecular flexibility index (Phi) is 3.80. The monoisotopic (exact) mass is 330 g/mol. The Balaban J connectivity index is 1.66. The average Bonchev–Trinajstić information content (AvgIpc) is 3.07. The number of carbonyl (C=O) groups excluding carboxylic acids is 1. The Morgan fingerprint density at radius 2 is 1.92 bits per heavy atom. The Morgan fingerprint density at radius 1 is 1.00 bits per heavy atom. The number of rotatable bonds is 5. The van der Waals surface area contributed by atoms with Gasteiger partial charge >= 0.3 is 0 Å². The van der Waals surface area contributed by atoms with Crippen molar-refractivity contribution >= 4 is 29.4 Å². The van der Waals surface area contributed by atoms with Crippen LogP contribution in [0.4, 0.5) is 17.3 Å². The number of benzene rings is 1. The Bertz CT molecular complexity index is 1040. The highest BCUT2D eigenvalue weighted by Crippen LogP contribution is 2.22. The first kappa shape index (κ1) is 14.8. The number of imidazole rings is 1. The summed E-state index contributed by atoms with van der Waals surface area (Å²) < 4.78 is 1.97. The number of anilines is 3. The molecule has 3 aromatic heterocycles. The molecule has 0 saturated carbocycles. The van der Waals surface area contributed by atoms with Gasteiger partial charge in [0.25, 0.3) is 0 Å². The molecule has 0 aliphatic heterocycles. The number of pyridine rings is 1. The smallest absolute Gasteiger partial charge is 0.227 e. The van der Waals surface area contributed by atoms with E-state index in [1.807, 2.05) is 47.0 Å². The molecule has 0 fully saturated rings. The third-order valence-electron chi connectivity index (χ3n) is 3.68. The fourth-order valence-electron chi connectivity index (χ4n) is 2.57. The number of fused-ring (bicyclic) bond motifs is 1. The zero-order chi connectivity index (χ0) is 17.1. The van der Waals surface area contributed by atoms with Gasteiger partial charge in [0.05, 0.1) is 17.6 Å².